The van der Waals surface area contributed by atoms with Gasteiger partial charge in [-0.1, -0.05) is 151 Å². The van der Waals surface area contributed by atoms with Crippen molar-refractivity contribution in [1.82, 2.24) is 0 Å². The Labute approximate surface area is 264 Å². The first kappa shape index (κ1) is 37.8. The van der Waals surface area contributed by atoms with Gasteiger partial charge >= 0.3 is 0 Å². The van der Waals surface area contributed by atoms with Gasteiger partial charge in [0.05, 0.1) is 11.7 Å². The van der Waals surface area contributed by atoms with E-state index in [-0.39, 0.29) is 17.1 Å². The molecule has 0 fully saturated rings. The van der Waals surface area contributed by atoms with Crippen LogP contribution in [0.1, 0.15) is 88.5 Å². The molecule has 234 valence electrons. The van der Waals surface area contributed by atoms with Gasteiger partial charge in [0.25, 0.3) is 0 Å². The first-order valence-electron chi connectivity index (χ1n) is 15.5. The van der Waals surface area contributed by atoms with Gasteiger partial charge < -0.3 is 9.84 Å². The minimum atomic E-state index is -0.225. The highest BCUT2D eigenvalue weighted by molar-refractivity contribution is 5.38. The zero-order valence-corrected chi connectivity index (χ0v) is 28.9. The molecule has 0 aromatic heterocycles. The van der Waals surface area contributed by atoms with Gasteiger partial charge in [-0.05, 0) is 85.6 Å². The summed E-state index contributed by atoms with van der Waals surface area (Å²) in [4.78, 5) is 0. The van der Waals surface area contributed by atoms with Gasteiger partial charge in [-0.25, -0.2) is 0 Å². The van der Waals surface area contributed by atoms with Crippen molar-refractivity contribution in [2.75, 3.05) is 7.11 Å². The molecule has 1 atom stereocenters. The molecule has 1 N–H and O–H groups in total. The highest BCUT2D eigenvalue weighted by Crippen LogP contribution is 2.41. The number of ether oxygens (including phenoxy) is 1. The average Bonchev–Trinajstić information content (AvgIpc) is 2.90. The van der Waals surface area contributed by atoms with E-state index in [2.05, 4.69) is 173 Å². The molecular formula is C41H58O2. The van der Waals surface area contributed by atoms with E-state index in [1.807, 2.05) is 0 Å². The van der Waals surface area contributed by atoms with Crippen molar-refractivity contribution in [2.45, 2.75) is 100 Å². The minimum absolute atomic E-state index is 0.00701. The maximum absolute atomic E-state index is 10.1. The van der Waals surface area contributed by atoms with Gasteiger partial charge in [0.2, 0.25) is 0 Å². The molecule has 0 unspecified atom stereocenters. The predicted octanol–water partition coefficient (Wildman–Crippen LogP) is 11.4. The fourth-order valence-corrected chi connectivity index (χ4v) is 4.75. The van der Waals surface area contributed by atoms with E-state index in [1.165, 1.54) is 39.0 Å². The van der Waals surface area contributed by atoms with Crippen LogP contribution in [0.4, 0.5) is 0 Å². The quantitative estimate of drug-likeness (QED) is 0.206. The average molecular weight is 583 g/mol. The normalized spacial score (nSPS) is 20.6. The lowest BCUT2D eigenvalue weighted by Gasteiger charge is -2.35. The molecule has 0 aromatic rings. The monoisotopic (exact) mass is 582 g/mol. The fourth-order valence-electron chi connectivity index (χ4n) is 4.75. The maximum atomic E-state index is 10.1. The molecular weight excluding hydrogens is 524 g/mol. The Morgan fingerprint density at radius 1 is 0.744 bits per heavy atom. The topological polar surface area (TPSA) is 29.5 Å². The van der Waals surface area contributed by atoms with Crippen molar-refractivity contribution >= 4 is 0 Å². The van der Waals surface area contributed by atoms with Crippen LogP contribution >= 0.6 is 0 Å². The van der Waals surface area contributed by atoms with Crippen molar-refractivity contribution in [3.8, 4) is 0 Å². The molecule has 0 spiro atoms. The van der Waals surface area contributed by atoms with Gasteiger partial charge in [-0.3, -0.25) is 0 Å². The SMILES string of the molecule is COC(C)(C)C/C=C/C(C)=C/C=C/C(C)=C/C=C/C(C)=C/C=C/C=C(C)/C=C/C=C(C)/C=C/C1=C(C)C[C@@H](O)CC1(C)C. The maximum Gasteiger partial charge on any atom is 0.0657 e. The van der Waals surface area contributed by atoms with Crippen LogP contribution < -0.4 is 0 Å². The smallest absolute Gasteiger partial charge is 0.0657 e. The molecule has 0 heterocycles. The number of aliphatic hydroxyl groups excluding tert-OH is 1. The lowest BCUT2D eigenvalue weighted by molar-refractivity contribution is 0.0255. The summed E-state index contributed by atoms with van der Waals surface area (Å²) in [7, 11) is 1.75. The number of hydrogen-bond acceptors (Lipinski definition) is 2. The summed E-state index contributed by atoms with van der Waals surface area (Å²) in [6.07, 6.45) is 38.4. The Balaban J connectivity index is 2.61. The van der Waals surface area contributed by atoms with Crippen LogP contribution in [0.5, 0.6) is 0 Å². The first-order chi connectivity index (χ1) is 20.1. The second-order valence-electron chi connectivity index (χ2n) is 13.1. The number of rotatable bonds is 14. The van der Waals surface area contributed by atoms with Gasteiger partial charge in [0.1, 0.15) is 0 Å². The van der Waals surface area contributed by atoms with E-state index in [9.17, 15) is 5.11 Å². The first-order valence-corrected chi connectivity index (χ1v) is 15.5. The van der Waals surface area contributed by atoms with E-state index in [0.29, 0.717) is 0 Å². The van der Waals surface area contributed by atoms with Crippen LogP contribution in [-0.2, 0) is 4.74 Å². The third-order valence-corrected chi connectivity index (χ3v) is 7.52. The Morgan fingerprint density at radius 3 is 1.60 bits per heavy atom. The number of methoxy groups -OCH3 is 1. The third kappa shape index (κ3) is 16.9. The largest absolute Gasteiger partial charge is 0.393 e. The van der Waals surface area contributed by atoms with E-state index < -0.39 is 0 Å². The molecule has 0 saturated carbocycles. The molecule has 0 radical (unpaired) electrons. The summed E-state index contributed by atoms with van der Waals surface area (Å²) in [6, 6.07) is 0. The molecule has 43 heavy (non-hydrogen) atoms. The fraction of sp³-hybridized carbons (Fsp3) is 0.415. The Bertz CT molecular complexity index is 1270. The Morgan fingerprint density at radius 2 is 1.16 bits per heavy atom. The molecule has 1 rings (SSSR count). The molecule has 0 amide bonds. The molecule has 1 aliphatic rings. The summed E-state index contributed by atoms with van der Waals surface area (Å²) >= 11 is 0. The molecule has 0 aliphatic heterocycles. The Hall–Kier alpha value is -3.20. The van der Waals surface area contributed by atoms with E-state index in [4.69, 9.17) is 4.74 Å². The van der Waals surface area contributed by atoms with Crippen molar-refractivity contribution in [2.24, 2.45) is 5.41 Å². The number of allylic oxidation sites excluding steroid dienone is 22. The summed E-state index contributed by atoms with van der Waals surface area (Å²) in [5.41, 5.74) is 8.52. The van der Waals surface area contributed by atoms with Crippen LogP contribution in [-0.4, -0.2) is 23.9 Å². The summed E-state index contributed by atoms with van der Waals surface area (Å²) in [5.74, 6) is 0. The number of hydrogen-bond donors (Lipinski definition) is 1. The Kier molecular flexibility index (Phi) is 16.8. The molecule has 0 bridgehead atoms. The lowest BCUT2D eigenvalue weighted by Crippen LogP contribution is -2.28. The zero-order chi connectivity index (χ0) is 32.5. The predicted molar refractivity (Wildman–Crippen MR) is 191 cm³/mol. The summed E-state index contributed by atoms with van der Waals surface area (Å²) < 4.78 is 5.45. The highest BCUT2D eigenvalue weighted by Gasteiger charge is 2.31. The third-order valence-electron chi connectivity index (χ3n) is 7.52. The standard InChI is InChI=1S/C41H58O2/c1-32(20-14-22-34(3)23-15-24-35(4)26-17-29-41(9,10)43-11)18-12-13-19-33(2)21-16-25-36(5)27-28-39-37(6)30-38(42)31-40(39,7)8/h12-28,38,42H,29-31H2,1-11H3/b13-12+,20-14+,21-16+,23-15+,26-17+,28-27+,32-18+,33-19+,34-22+,35-24+,36-25+/t38-/m1/s1. The molecule has 1 aliphatic carbocycles. The second-order valence-corrected chi connectivity index (χ2v) is 13.1. The lowest BCUT2D eigenvalue weighted by atomic mass is 9.71. The number of aliphatic hydroxyl groups is 1. The van der Waals surface area contributed by atoms with Crippen LogP contribution in [0.2, 0.25) is 0 Å². The summed E-state index contributed by atoms with van der Waals surface area (Å²) in [5, 5.41) is 10.1. The van der Waals surface area contributed by atoms with Crippen LogP contribution in [0, 0.1) is 5.41 Å². The molecule has 0 saturated heterocycles. The van der Waals surface area contributed by atoms with Gasteiger partial charge in [0.15, 0.2) is 0 Å². The van der Waals surface area contributed by atoms with Gasteiger partial charge in [0, 0.05) is 7.11 Å². The summed E-state index contributed by atoms with van der Waals surface area (Å²) in [6.45, 7) is 21.3. The minimum Gasteiger partial charge on any atom is -0.393 e. The van der Waals surface area contributed by atoms with Crippen molar-refractivity contribution in [3.63, 3.8) is 0 Å². The van der Waals surface area contributed by atoms with Gasteiger partial charge in [-0.2, -0.15) is 0 Å². The highest BCUT2D eigenvalue weighted by atomic mass is 16.5. The van der Waals surface area contributed by atoms with Crippen molar-refractivity contribution in [1.29, 1.82) is 0 Å². The second kappa shape index (κ2) is 19.2. The van der Waals surface area contributed by atoms with Crippen LogP contribution in [0.15, 0.2) is 142 Å². The zero-order valence-electron chi connectivity index (χ0n) is 28.9. The van der Waals surface area contributed by atoms with E-state index in [1.54, 1.807) is 7.11 Å². The molecule has 0 aromatic carbocycles. The van der Waals surface area contributed by atoms with E-state index >= 15 is 0 Å². The van der Waals surface area contributed by atoms with Crippen molar-refractivity contribution in [3.05, 3.63) is 142 Å². The van der Waals surface area contributed by atoms with E-state index in [0.717, 1.165) is 19.3 Å². The molecule has 2 nitrogen and oxygen atoms in total. The van der Waals surface area contributed by atoms with Gasteiger partial charge in [-0.15, -0.1) is 0 Å². The van der Waals surface area contributed by atoms with Crippen LogP contribution in [0.25, 0.3) is 0 Å². The van der Waals surface area contributed by atoms with Crippen LogP contribution in [0.3, 0.4) is 0 Å². The van der Waals surface area contributed by atoms with Crippen molar-refractivity contribution < 1.29 is 9.84 Å². The molecule has 2 heteroatoms.